The molecule has 0 fully saturated rings. The van der Waals surface area contributed by atoms with Crippen LogP contribution in [-0.2, 0) is 12.8 Å². The molecule has 0 aliphatic heterocycles. The van der Waals surface area contributed by atoms with Crippen molar-refractivity contribution in [3.63, 3.8) is 0 Å². The van der Waals surface area contributed by atoms with Gasteiger partial charge in [-0.2, -0.15) is 0 Å². The third kappa shape index (κ3) is 4.19. The number of aryl methyl sites for hydroxylation is 3. The third-order valence-electron chi connectivity index (χ3n) is 5.19. The van der Waals surface area contributed by atoms with Gasteiger partial charge in [-0.05, 0) is 54.2 Å². The van der Waals surface area contributed by atoms with Crippen LogP contribution in [-0.4, -0.2) is 9.97 Å². The van der Waals surface area contributed by atoms with Crippen molar-refractivity contribution in [3.8, 4) is 22.5 Å². The number of benzene rings is 3. The van der Waals surface area contributed by atoms with Crippen molar-refractivity contribution in [3.05, 3.63) is 107 Å². The van der Waals surface area contributed by atoms with Crippen LogP contribution in [0, 0.1) is 30.2 Å². The Morgan fingerprint density at radius 1 is 0.645 bits per heavy atom. The summed E-state index contributed by atoms with van der Waals surface area (Å²) in [5.74, 6) is -3.51. The predicted octanol–water partition coefficient (Wildman–Crippen LogP) is 6.46. The van der Waals surface area contributed by atoms with Gasteiger partial charge in [0, 0.05) is 18.0 Å². The lowest BCUT2D eigenvalue weighted by atomic mass is 9.98. The number of aromatic nitrogens is 2. The minimum absolute atomic E-state index is 0.0126. The molecular formula is C25H18F4N2. The van der Waals surface area contributed by atoms with Gasteiger partial charge in [-0.15, -0.1) is 0 Å². The van der Waals surface area contributed by atoms with Crippen molar-refractivity contribution >= 4 is 0 Å². The zero-order chi connectivity index (χ0) is 22.0. The first-order valence-corrected chi connectivity index (χ1v) is 9.74. The molecule has 156 valence electrons. The molecule has 1 aromatic heterocycles. The fourth-order valence-electron chi connectivity index (χ4n) is 3.39. The Bertz CT molecular complexity index is 1220. The molecule has 2 nitrogen and oxygen atoms in total. The fraction of sp³-hybridized carbons (Fsp3) is 0.120. The Kier molecular flexibility index (Phi) is 5.80. The average Bonchev–Trinajstić information content (AvgIpc) is 2.80. The molecule has 0 saturated heterocycles. The number of hydrogen-bond acceptors (Lipinski definition) is 2. The van der Waals surface area contributed by atoms with Gasteiger partial charge in [-0.3, -0.25) is 0 Å². The highest BCUT2D eigenvalue weighted by Crippen LogP contribution is 2.27. The monoisotopic (exact) mass is 422 g/mol. The van der Waals surface area contributed by atoms with Crippen molar-refractivity contribution in [1.29, 1.82) is 0 Å². The van der Waals surface area contributed by atoms with Gasteiger partial charge in [0.15, 0.2) is 29.1 Å². The lowest BCUT2D eigenvalue weighted by Gasteiger charge is -2.09. The zero-order valence-electron chi connectivity index (χ0n) is 16.7. The van der Waals surface area contributed by atoms with Gasteiger partial charge in [0.05, 0.1) is 5.56 Å². The van der Waals surface area contributed by atoms with E-state index in [2.05, 4.69) is 9.97 Å². The molecule has 0 aliphatic rings. The van der Waals surface area contributed by atoms with E-state index in [0.717, 1.165) is 5.56 Å². The molecule has 0 amide bonds. The summed E-state index contributed by atoms with van der Waals surface area (Å²) in [6.45, 7) is 1.51. The molecule has 1 heterocycles. The highest BCUT2D eigenvalue weighted by molar-refractivity contribution is 5.65. The Hall–Kier alpha value is -3.54. The highest BCUT2D eigenvalue weighted by Gasteiger charge is 2.16. The zero-order valence-corrected chi connectivity index (χ0v) is 16.7. The van der Waals surface area contributed by atoms with Crippen LogP contribution in [0.5, 0.6) is 0 Å². The van der Waals surface area contributed by atoms with Gasteiger partial charge >= 0.3 is 0 Å². The molecule has 31 heavy (non-hydrogen) atoms. The van der Waals surface area contributed by atoms with Crippen molar-refractivity contribution in [1.82, 2.24) is 9.97 Å². The van der Waals surface area contributed by atoms with Crippen LogP contribution in [0.4, 0.5) is 17.6 Å². The summed E-state index contributed by atoms with van der Waals surface area (Å²) in [6.07, 6.45) is 3.68. The Morgan fingerprint density at radius 2 is 1.29 bits per heavy atom. The maximum atomic E-state index is 14.5. The van der Waals surface area contributed by atoms with Crippen LogP contribution >= 0.6 is 0 Å². The Balaban J connectivity index is 1.50. The number of halogens is 4. The van der Waals surface area contributed by atoms with Crippen molar-refractivity contribution in [2.24, 2.45) is 0 Å². The second-order valence-corrected chi connectivity index (χ2v) is 7.23. The van der Waals surface area contributed by atoms with Crippen LogP contribution in [0.15, 0.2) is 67.0 Å². The van der Waals surface area contributed by atoms with Crippen LogP contribution < -0.4 is 0 Å². The smallest absolute Gasteiger partial charge is 0.170 e. The summed E-state index contributed by atoms with van der Waals surface area (Å²) in [5.41, 5.74) is 2.10. The molecule has 0 bridgehead atoms. The molecule has 3 aromatic carbocycles. The molecule has 4 rings (SSSR count). The summed E-state index contributed by atoms with van der Waals surface area (Å²) in [7, 11) is 0. The molecule has 0 radical (unpaired) electrons. The maximum Gasteiger partial charge on any atom is 0.170 e. The van der Waals surface area contributed by atoms with Gasteiger partial charge in [0.25, 0.3) is 0 Å². The minimum atomic E-state index is -0.976. The second kappa shape index (κ2) is 8.68. The molecule has 4 aromatic rings. The van der Waals surface area contributed by atoms with Crippen molar-refractivity contribution in [2.45, 2.75) is 19.8 Å². The van der Waals surface area contributed by atoms with Crippen molar-refractivity contribution < 1.29 is 17.6 Å². The first-order valence-electron chi connectivity index (χ1n) is 9.74. The summed E-state index contributed by atoms with van der Waals surface area (Å²) in [5, 5.41) is 0. The van der Waals surface area contributed by atoms with E-state index in [-0.39, 0.29) is 34.5 Å². The van der Waals surface area contributed by atoms with E-state index in [0.29, 0.717) is 12.0 Å². The molecular weight excluding hydrogens is 404 g/mol. The van der Waals surface area contributed by atoms with E-state index in [1.807, 2.05) is 0 Å². The number of hydrogen-bond donors (Lipinski definition) is 0. The van der Waals surface area contributed by atoms with E-state index in [1.54, 1.807) is 36.4 Å². The topological polar surface area (TPSA) is 25.8 Å². The Morgan fingerprint density at radius 3 is 2.00 bits per heavy atom. The van der Waals surface area contributed by atoms with Crippen LogP contribution in [0.1, 0.15) is 16.7 Å². The van der Waals surface area contributed by atoms with Crippen LogP contribution in [0.25, 0.3) is 22.5 Å². The largest absolute Gasteiger partial charge is 0.236 e. The highest BCUT2D eigenvalue weighted by atomic mass is 19.2. The first kappa shape index (κ1) is 20.7. The molecule has 0 unspecified atom stereocenters. The molecule has 0 spiro atoms. The summed E-state index contributed by atoms with van der Waals surface area (Å²) in [6, 6.07) is 14.6. The lowest BCUT2D eigenvalue weighted by molar-refractivity contribution is 0.500. The predicted molar refractivity (Wildman–Crippen MR) is 111 cm³/mol. The maximum absolute atomic E-state index is 14.5. The second-order valence-electron chi connectivity index (χ2n) is 7.23. The van der Waals surface area contributed by atoms with Gasteiger partial charge < -0.3 is 0 Å². The molecule has 0 atom stereocenters. The lowest BCUT2D eigenvalue weighted by Crippen LogP contribution is -2.01. The minimum Gasteiger partial charge on any atom is -0.236 e. The van der Waals surface area contributed by atoms with E-state index in [9.17, 15) is 17.6 Å². The van der Waals surface area contributed by atoms with E-state index in [1.165, 1.54) is 37.5 Å². The average molecular weight is 422 g/mol. The van der Waals surface area contributed by atoms with Gasteiger partial charge in [-0.25, -0.2) is 27.5 Å². The van der Waals surface area contributed by atoms with Gasteiger partial charge in [0.2, 0.25) is 0 Å². The summed E-state index contributed by atoms with van der Waals surface area (Å²) >= 11 is 0. The fourth-order valence-corrected chi connectivity index (χ4v) is 3.39. The third-order valence-corrected chi connectivity index (χ3v) is 5.19. The normalized spacial score (nSPS) is 11.0. The molecule has 0 N–H and O–H groups in total. The molecule has 0 saturated carbocycles. The summed E-state index contributed by atoms with van der Waals surface area (Å²) in [4.78, 5) is 7.91. The number of rotatable bonds is 5. The van der Waals surface area contributed by atoms with Gasteiger partial charge in [-0.1, -0.05) is 42.5 Å². The SMILES string of the molecule is Cc1ccc(-c2ccc(CCc3ccc(-c4ncccn4)c(F)c3F)cc2)c(F)c1F. The summed E-state index contributed by atoms with van der Waals surface area (Å²) < 4.78 is 57.1. The van der Waals surface area contributed by atoms with Crippen LogP contribution in [0.3, 0.4) is 0 Å². The van der Waals surface area contributed by atoms with E-state index in [4.69, 9.17) is 0 Å². The van der Waals surface area contributed by atoms with Crippen LogP contribution in [0.2, 0.25) is 0 Å². The Labute approximate surface area is 177 Å². The van der Waals surface area contributed by atoms with Crippen molar-refractivity contribution in [2.75, 3.05) is 0 Å². The quantitative estimate of drug-likeness (QED) is 0.345. The van der Waals surface area contributed by atoms with E-state index >= 15 is 0 Å². The molecule has 0 aliphatic carbocycles. The standard InChI is InChI=1S/C25H18F4N2/c1-15-3-11-19(23(28)21(15)26)17-7-4-16(5-8-17)6-9-18-10-12-20(24(29)22(18)27)25-30-13-2-14-31-25/h2-5,7-8,10-14H,6,9H2,1H3. The van der Waals surface area contributed by atoms with E-state index < -0.39 is 23.3 Å². The first-order chi connectivity index (χ1) is 15.0. The number of nitrogens with zero attached hydrogens (tertiary/aromatic N) is 2. The van der Waals surface area contributed by atoms with Gasteiger partial charge in [0.1, 0.15) is 0 Å². The molecule has 6 heteroatoms.